The zero-order chi connectivity index (χ0) is 34.1. The molecule has 251 valence electrons. The van der Waals surface area contributed by atoms with Crippen LogP contribution in [0.4, 0.5) is 0 Å². The van der Waals surface area contributed by atoms with Gasteiger partial charge in [-0.15, -0.1) is 27.0 Å². The summed E-state index contributed by atoms with van der Waals surface area (Å²) in [6.45, 7) is 0. The second-order valence-electron chi connectivity index (χ2n) is 12.2. The van der Waals surface area contributed by atoms with E-state index in [2.05, 4.69) is 47.1 Å². The van der Waals surface area contributed by atoms with Crippen LogP contribution < -0.4 is 15.4 Å². The van der Waals surface area contributed by atoms with Gasteiger partial charge < -0.3 is 9.97 Å². The summed E-state index contributed by atoms with van der Waals surface area (Å²) in [4.78, 5) is 33.0. The molecular weight excluding hydrogens is 692 g/mol. The number of fused-ring (bicyclic) bond motifs is 8. The van der Waals surface area contributed by atoms with E-state index in [1.807, 2.05) is 127 Å². The van der Waals surface area contributed by atoms with E-state index < -0.39 is 0 Å². The molecule has 0 amide bonds. The summed E-state index contributed by atoms with van der Waals surface area (Å²) >= 11 is 0. The van der Waals surface area contributed by atoms with Crippen molar-refractivity contribution in [3.8, 4) is 44.5 Å². The summed E-state index contributed by atoms with van der Waals surface area (Å²) < 4.78 is 0. The first-order valence-corrected chi connectivity index (χ1v) is 16.6. The predicted molar refractivity (Wildman–Crippen MR) is 206 cm³/mol. The topological polar surface area (TPSA) is 95.4 Å². The third-order valence-corrected chi connectivity index (χ3v) is 9.13. The van der Waals surface area contributed by atoms with Crippen LogP contribution in [0.25, 0.3) is 90.5 Å². The second kappa shape index (κ2) is 14.0. The van der Waals surface area contributed by atoms with E-state index in [1.54, 1.807) is 0 Å². The van der Waals surface area contributed by atoms with Gasteiger partial charge in [-0.3, -0.25) is 0 Å². The van der Waals surface area contributed by atoms with E-state index in [9.17, 15) is 4.91 Å². The molecule has 0 spiro atoms. The molecule has 7 aromatic rings. The summed E-state index contributed by atoms with van der Waals surface area (Å²) in [5.41, 5.74) is 16.2. The average molecular weight is 720 g/mol. The minimum absolute atomic E-state index is 0. The molecule has 8 heteroatoms. The average Bonchev–Trinajstić information content (AvgIpc) is 4.01. The summed E-state index contributed by atoms with van der Waals surface area (Å²) in [6.07, 6.45) is 5.99. The van der Waals surface area contributed by atoms with E-state index in [1.165, 1.54) is 0 Å². The monoisotopic (exact) mass is 719 g/mol. The first kappa shape index (κ1) is 32.6. The molecule has 9 rings (SSSR count). The van der Waals surface area contributed by atoms with Crippen LogP contribution in [0.2, 0.25) is 0 Å². The van der Waals surface area contributed by atoms with Crippen molar-refractivity contribution in [1.29, 1.82) is 0 Å². The molecule has 3 aromatic heterocycles. The van der Waals surface area contributed by atoms with Gasteiger partial charge >= 0.3 is 17.1 Å². The number of nitroso groups, excluding NO2 is 1. The zero-order valence-corrected chi connectivity index (χ0v) is 28.5. The molecule has 5 heterocycles. The number of hydrogen-bond donors (Lipinski definition) is 1. The molecule has 0 saturated carbocycles. The van der Waals surface area contributed by atoms with Crippen molar-refractivity contribution in [3.63, 3.8) is 0 Å². The van der Waals surface area contributed by atoms with Crippen LogP contribution in [-0.4, -0.2) is 9.97 Å². The van der Waals surface area contributed by atoms with Crippen molar-refractivity contribution in [2.75, 3.05) is 0 Å². The quantitative estimate of drug-likeness (QED) is 0.104. The standard InChI is InChI=1S/C44H29N6O.Cu/c51-50-49-39-27-38-42(30-17-9-3-10-18-30)36-24-23-34(46-36)40(28-13-5-1-6-14-28)32-21-22-33(45-32)41(29-15-7-2-8-16-29)35-25-26-37(47-35)43(44(39)48-38)31-19-11-4-12-20-31;/h1-27H,(H2-,45,46,47,48,49,50,51);/q-1;+2/p-1. The van der Waals surface area contributed by atoms with E-state index >= 15 is 0 Å². The number of benzene rings is 4. The number of aromatic nitrogens is 4. The smallest absolute Gasteiger partial charge is 0.657 e. The SMILES string of the molecule is O=NNC1=Cc2nc1c(-c1ccccc1)c1ccc([n-]1)c(-c1ccccc1)c1nc(c(-c3ccccc3)c3ccc([n-]3)c2-c2ccccc2)C=C1.[Cu+2]. The fourth-order valence-electron chi connectivity index (χ4n) is 6.90. The van der Waals surface area contributed by atoms with Gasteiger partial charge in [0.1, 0.15) is 0 Å². The van der Waals surface area contributed by atoms with Crippen LogP contribution in [-0.2, 0) is 17.1 Å². The molecule has 0 fully saturated rings. The van der Waals surface area contributed by atoms with Crippen LogP contribution in [0.3, 0.4) is 0 Å². The van der Waals surface area contributed by atoms with Crippen LogP contribution in [0.15, 0.2) is 151 Å². The van der Waals surface area contributed by atoms with Crippen LogP contribution in [0.1, 0.15) is 22.8 Å². The first-order valence-electron chi connectivity index (χ1n) is 16.6. The Morgan fingerprint density at radius 2 is 0.808 bits per heavy atom. The van der Waals surface area contributed by atoms with Crippen LogP contribution >= 0.6 is 0 Å². The Kier molecular flexibility index (Phi) is 8.75. The Labute approximate surface area is 310 Å². The summed E-state index contributed by atoms with van der Waals surface area (Å²) in [6, 6.07) is 48.6. The van der Waals surface area contributed by atoms with Gasteiger partial charge in [0.05, 0.1) is 33.8 Å². The molecule has 4 aromatic carbocycles. The molecular formula is C44H28CuN6O. The predicted octanol–water partition coefficient (Wildman–Crippen LogP) is 10.2. The Morgan fingerprint density at radius 1 is 0.442 bits per heavy atom. The first-order chi connectivity index (χ1) is 25.2. The van der Waals surface area contributed by atoms with Gasteiger partial charge in [-0.25, -0.2) is 15.4 Å². The van der Waals surface area contributed by atoms with Gasteiger partial charge in [0.25, 0.3) is 0 Å². The third kappa shape index (κ3) is 5.86. The van der Waals surface area contributed by atoms with E-state index in [-0.39, 0.29) is 17.1 Å². The van der Waals surface area contributed by atoms with E-state index in [0.29, 0.717) is 22.6 Å². The van der Waals surface area contributed by atoms with Gasteiger partial charge in [-0.1, -0.05) is 146 Å². The molecule has 7 nitrogen and oxygen atoms in total. The molecule has 0 atom stereocenters. The maximum absolute atomic E-state index is 11.9. The van der Waals surface area contributed by atoms with Crippen molar-refractivity contribution in [3.05, 3.63) is 173 Å². The number of nitrogens with one attached hydrogen (secondary N) is 1. The normalized spacial score (nSPS) is 11.8. The largest absolute Gasteiger partial charge is 2.00 e. The zero-order valence-electron chi connectivity index (χ0n) is 27.5. The molecule has 0 unspecified atom stereocenters. The van der Waals surface area contributed by atoms with Gasteiger partial charge in [-0.05, 0) is 62.7 Å². The number of nitrogens with zero attached hydrogens (tertiary/aromatic N) is 5. The Hall–Kier alpha value is -6.60. The van der Waals surface area contributed by atoms with Crippen molar-refractivity contribution in [2.45, 2.75) is 0 Å². The van der Waals surface area contributed by atoms with E-state index in [4.69, 9.17) is 19.9 Å². The minimum atomic E-state index is 0. The Bertz CT molecular complexity index is 2670. The van der Waals surface area contributed by atoms with Crippen LogP contribution in [0, 0.1) is 4.91 Å². The van der Waals surface area contributed by atoms with Gasteiger partial charge in [0.2, 0.25) is 0 Å². The molecule has 2 aliphatic rings. The van der Waals surface area contributed by atoms with Crippen molar-refractivity contribution >= 4 is 46.0 Å². The number of rotatable bonds is 6. The Morgan fingerprint density at radius 3 is 1.21 bits per heavy atom. The van der Waals surface area contributed by atoms with Crippen molar-refractivity contribution < 1.29 is 17.1 Å². The molecule has 52 heavy (non-hydrogen) atoms. The molecule has 8 bridgehead atoms. The Balaban J connectivity index is 0.00000387. The second-order valence-corrected chi connectivity index (χ2v) is 12.2. The van der Waals surface area contributed by atoms with Crippen molar-refractivity contribution in [2.24, 2.45) is 5.29 Å². The summed E-state index contributed by atoms with van der Waals surface area (Å²) in [7, 11) is 0. The molecule has 0 aliphatic carbocycles. The minimum Gasteiger partial charge on any atom is -0.657 e. The van der Waals surface area contributed by atoms with E-state index in [0.717, 1.165) is 72.4 Å². The van der Waals surface area contributed by atoms with Gasteiger partial charge in [0.15, 0.2) is 0 Å². The summed E-state index contributed by atoms with van der Waals surface area (Å²) in [5, 5.41) is 3.10. The van der Waals surface area contributed by atoms with Gasteiger partial charge in [-0.2, -0.15) is 0 Å². The van der Waals surface area contributed by atoms with Crippen molar-refractivity contribution in [1.82, 2.24) is 25.4 Å². The van der Waals surface area contributed by atoms with Crippen LogP contribution in [0.5, 0.6) is 0 Å². The number of hydrogen-bond acceptors (Lipinski definition) is 4. The maximum atomic E-state index is 11.9. The summed E-state index contributed by atoms with van der Waals surface area (Å²) in [5.74, 6) is 0. The third-order valence-electron chi connectivity index (χ3n) is 9.13. The fourth-order valence-corrected chi connectivity index (χ4v) is 6.90. The maximum Gasteiger partial charge on any atom is 2.00 e. The molecule has 2 aliphatic heterocycles. The fraction of sp³-hybridized carbons (Fsp3) is 0. The molecule has 1 radical (unpaired) electrons. The molecule has 0 saturated heterocycles. The van der Waals surface area contributed by atoms with Gasteiger partial charge in [0, 0.05) is 0 Å². The molecule has 1 N–H and O–H groups in total.